The highest BCUT2D eigenvalue weighted by Crippen LogP contribution is 2.31. The van der Waals surface area contributed by atoms with E-state index in [1.807, 2.05) is 0 Å². The van der Waals surface area contributed by atoms with Gasteiger partial charge >= 0.3 is 6.18 Å². The number of carbonyl (C=O) groups excluding carboxylic acids is 1. The smallest absolute Gasteiger partial charge is 0.323 e. The Morgan fingerprint density at radius 3 is 2.50 bits per heavy atom. The molecule has 0 aliphatic heterocycles. The van der Waals surface area contributed by atoms with E-state index in [9.17, 15) is 22.4 Å². The van der Waals surface area contributed by atoms with Crippen LogP contribution in [0.4, 0.5) is 23.2 Å². The number of benzene rings is 2. The Balaban J connectivity index is 2.14. The predicted molar refractivity (Wildman–Crippen MR) is 77.9 cm³/mol. The molecular formula is C15H10BrF4NO. The van der Waals surface area contributed by atoms with Crippen LogP contribution in [0.25, 0.3) is 0 Å². The third-order valence-electron chi connectivity index (χ3n) is 2.82. The number of halogens is 5. The molecule has 0 aliphatic rings. The maximum atomic E-state index is 13.5. The monoisotopic (exact) mass is 375 g/mol. The fraction of sp³-hybridized carbons (Fsp3) is 0.133. The molecule has 2 rings (SSSR count). The van der Waals surface area contributed by atoms with Crippen LogP contribution >= 0.6 is 15.9 Å². The molecule has 0 bridgehead atoms. The van der Waals surface area contributed by atoms with Gasteiger partial charge < -0.3 is 5.32 Å². The van der Waals surface area contributed by atoms with E-state index in [0.29, 0.717) is 23.8 Å². The first-order chi connectivity index (χ1) is 10.3. The van der Waals surface area contributed by atoms with Crippen molar-refractivity contribution in [2.75, 3.05) is 5.32 Å². The molecule has 116 valence electrons. The van der Waals surface area contributed by atoms with Crippen molar-refractivity contribution in [2.24, 2.45) is 0 Å². The van der Waals surface area contributed by atoms with Crippen LogP contribution in [-0.2, 0) is 17.4 Å². The molecular weight excluding hydrogens is 366 g/mol. The Hall–Kier alpha value is -1.89. The van der Waals surface area contributed by atoms with Crippen molar-refractivity contribution in [3.05, 3.63) is 63.9 Å². The second-order valence-electron chi connectivity index (χ2n) is 4.55. The van der Waals surface area contributed by atoms with E-state index < -0.39 is 29.2 Å². The van der Waals surface area contributed by atoms with Crippen LogP contribution < -0.4 is 5.32 Å². The van der Waals surface area contributed by atoms with Crippen molar-refractivity contribution in [1.29, 1.82) is 0 Å². The van der Waals surface area contributed by atoms with Crippen molar-refractivity contribution >= 4 is 27.5 Å². The second-order valence-corrected chi connectivity index (χ2v) is 5.46. The Labute approximate surface area is 132 Å². The minimum Gasteiger partial charge on any atom is -0.323 e. The molecule has 0 unspecified atom stereocenters. The van der Waals surface area contributed by atoms with E-state index >= 15 is 0 Å². The zero-order chi connectivity index (χ0) is 16.3. The van der Waals surface area contributed by atoms with Gasteiger partial charge in [-0.05, 0) is 35.9 Å². The standard InChI is InChI=1S/C15H10BrF4NO/c16-11-3-1-2-9(6-11)7-14(22)21-13-8-10(15(18,19)20)4-5-12(13)17/h1-6,8H,7H2,(H,21,22). The maximum Gasteiger partial charge on any atom is 0.416 e. The van der Waals surface area contributed by atoms with Gasteiger partial charge in [0.25, 0.3) is 0 Å². The molecule has 0 fully saturated rings. The number of hydrogen-bond acceptors (Lipinski definition) is 1. The van der Waals surface area contributed by atoms with Gasteiger partial charge in [-0.15, -0.1) is 0 Å². The molecule has 2 aromatic rings. The van der Waals surface area contributed by atoms with Crippen LogP contribution in [0, 0.1) is 5.82 Å². The Kier molecular flexibility index (Phi) is 4.85. The molecule has 0 heterocycles. The lowest BCUT2D eigenvalue weighted by molar-refractivity contribution is -0.137. The lowest BCUT2D eigenvalue weighted by Crippen LogP contribution is -2.16. The van der Waals surface area contributed by atoms with E-state index in [2.05, 4.69) is 21.2 Å². The van der Waals surface area contributed by atoms with E-state index in [4.69, 9.17) is 0 Å². The van der Waals surface area contributed by atoms with Gasteiger partial charge in [0.2, 0.25) is 5.91 Å². The van der Waals surface area contributed by atoms with Crippen LogP contribution in [0.15, 0.2) is 46.9 Å². The first-order valence-electron chi connectivity index (χ1n) is 6.17. The Bertz CT molecular complexity index is 700. The fourth-order valence-electron chi connectivity index (χ4n) is 1.82. The molecule has 22 heavy (non-hydrogen) atoms. The predicted octanol–water partition coefficient (Wildman–Crippen LogP) is 4.79. The van der Waals surface area contributed by atoms with Crippen molar-refractivity contribution in [3.8, 4) is 0 Å². The Morgan fingerprint density at radius 1 is 1.14 bits per heavy atom. The number of amides is 1. The lowest BCUT2D eigenvalue weighted by Gasteiger charge is -2.11. The summed E-state index contributed by atoms with van der Waals surface area (Å²) in [5.74, 6) is -1.52. The molecule has 1 amide bonds. The first-order valence-corrected chi connectivity index (χ1v) is 6.96. The third-order valence-corrected chi connectivity index (χ3v) is 3.31. The number of rotatable bonds is 3. The molecule has 0 saturated heterocycles. The number of anilines is 1. The topological polar surface area (TPSA) is 29.1 Å². The summed E-state index contributed by atoms with van der Waals surface area (Å²) in [7, 11) is 0. The molecule has 0 aromatic heterocycles. The molecule has 0 atom stereocenters. The van der Waals surface area contributed by atoms with Crippen LogP contribution in [0.1, 0.15) is 11.1 Å². The quantitative estimate of drug-likeness (QED) is 0.767. The summed E-state index contributed by atoms with van der Waals surface area (Å²) in [5.41, 5.74) is -0.860. The van der Waals surface area contributed by atoms with Crippen molar-refractivity contribution in [2.45, 2.75) is 12.6 Å². The van der Waals surface area contributed by atoms with Crippen molar-refractivity contribution < 1.29 is 22.4 Å². The first kappa shape index (κ1) is 16.5. The molecule has 0 saturated carbocycles. The van der Waals surface area contributed by atoms with E-state index in [0.717, 1.165) is 4.47 Å². The SMILES string of the molecule is O=C(Cc1cccc(Br)c1)Nc1cc(C(F)(F)F)ccc1F. The van der Waals surface area contributed by atoms with Gasteiger partial charge in [0.05, 0.1) is 17.7 Å². The zero-order valence-corrected chi connectivity index (χ0v) is 12.6. The van der Waals surface area contributed by atoms with Gasteiger partial charge in [0, 0.05) is 4.47 Å². The molecule has 7 heteroatoms. The summed E-state index contributed by atoms with van der Waals surface area (Å²) in [6, 6.07) is 8.76. The summed E-state index contributed by atoms with van der Waals surface area (Å²) >= 11 is 3.25. The van der Waals surface area contributed by atoms with Gasteiger partial charge in [0.1, 0.15) is 5.82 Å². The maximum absolute atomic E-state index is 13.5. The van der Waals surface area contributed by atoms with Crippen LogP contribution in [-0.4, -0.2) is 5.91 Å². The number of alkyl halides is 3. The minimum absolute atomic E-state index is 0.0743. The summed E-state index contributed by atoms with van der Waals surface area (Å²) in [5, 5.41) is 2.16. The van der Waals surface area contributed by atoms with Gasteiger partial charge in [-0.3, -0.25) is 4.79 Å². The summed E-state index contributed by atoms with van der Waals surface area (Å²) < 4.78 is 52.1. The minimum atomic E-state index is -4.60. The molecule has 1 N–H and O–H groups in total. The fourth-order valence-corrected chi connectivity index (χ4v) is 2.27. The highest BCUT2D eigenvalue weighted by molar-refractivity contribution is 9.10. The van der Waals surface area contributed by atoms with Gasteiger partial charge in [-0.25, -0.2) is 4.39 Å². The largest absolute Gasteiger partial charge is 0.416 e. The van der Waals surface area contributed by atoms with Crippen LogP contribution in [0.5, 0.6) is 0 Å². The molecule has 0 radical (unpaired) electrons. The van der Waals surface area contributed by atoms with Gasteiger partial charge in [-0.1, -0.05) is 28.1 Å². The normalized spacial score (nSPS) is 11.3. The number of hydrogen-bond donors (Lipinski definition) is 1. The summed E-state index contributed by atoms with van der Waals surface area (Å²) in [4.78, 5) is 11.8. The second kappa shape index (κ2) is 6.48. The average Bonchev–Trinajstić information content (AvgIpc) is 2.40. The molecule has 2 aromatic carbocycles. The molecule has 0 spiro atoms. The Morgan fingerprint density at radius 2 is 1.86 bits per heavy atom. The van der Waals surface area contributed by atoms with Crippen LogP contribution in [0.3, 0.4) is 0 Å². The van der Waals surface area contributed by atoms with E-state index in [1.54, 1.807) is 24.3 Å². The van der Waals surface area contributed by atoms with Crippen molar-refractivity contribution in [1.82, 2.24) is 0 Å². The molecule has 2 nitrogen and oxygen atoms in total. The van der Waals surface area contributed by atoms with E-state index in [1.165, 1.54) is 0 Å². The average molecular weight is 376 g/mol. The van der Waals surface area contributed by atoms with Gasteiger partial charge in [-0.2, -0.15) is 13.2 Å². The van der Waals surface area contributed by atoms with Crippen LogP contribution in [0.2, 0.25) is 0 Å². The lowest BCUT2D eigenvalue weighted by atomic mass is 10.1. The third kappa shape index (κ3) is 4.30. The highest BCUT2D eigenvalue weighted by Gasteiger charge is 2.31. The van der Waals surface area contributed by atoms with Gasteiger partial charge in [0.15, 0.2) is 0 Å². The zero-order valence-electron chi connectivity index (χ0n) is 11.0. The van der Waals surface area contributed by atoms with E-state index in [-0.39, 0.29) is 6.42 Å². The summed E-state index contributed by atoms with van der Waals surface area (Å²) in [6.45, 7) is 0. The number of carbonyl (C=O) groups is 1. The molecule has 0 aliphatic carbocycles. The number of nitrogens with one attached hydrogen (secondary N) is 1. The summed E-state index contributed by atoms with van der Waals surface area (Å²) in [6.07, 6.45) is -4.67. The highest BCUT2D eigenvalue weighted by atomic mass is 79.9. The van der Waals surface area contributed by atoms with Crippen molar-refractivity contribution in [3.63, 3.8) is 0 Å².